The third-order valence-electron chi connectivity index (χ3n) is 3.85. The Bertz CT molecular complexity index is 690. The van der Waals surface area contributed by atoms with Crippen LogP contribution in [-0.2, 0) is 16.8 Å². The minimum absolute atomic E-state index is 0.0858. The summed E-state index contributed by atoms with van der Waals surface area (Å²) in [7, 11) is 1.80. The Labute approximate surface area is 143 Å². The van der Waals surface area contributed by atoms with Crippen molar-refractivity contribution in [2.24, 2.45) is 0 Å². The van der Waals surface area contributed by atoms with Crippen molar-refractivity contribution < 1.29 is 9.18 Å². The standard InChI is InChI=1S/C20H25FN2O/c1-20(2,3)16-9-11-17(12-10-16)22-19(24)14-23(4)13-15-7-5-6-8-18(15)21/h5-12H,13-14H2,1-4H3,(H,22,24). The Morgan fingerprint density at radius 3 is 2.29 bits per heavy atom. The summed E-state index contributed by atoms with van der Waals surface area (Å²) in [4.78, 5) is 13.9. The molecule has 0 spiro atoms. The number of likely N-dealkylation sites (N-methyl/N-ethyl adjacent to an activating group) is 1. The first kappa shape index (κ1) is 18.1. The highest BCUT2D eigenvalue weighted by molar-refractivity contribution is 5.92. The summed E-state index contributed by atoms with van der Waals surface area (Å²) in [5.41, 5.74) is 2.66. The highest BCUT2D eigenvalue weighted by atomic mass is 19.1. The van der Waals surface area contributed by atoms with Gasteiger partial charge in [0.1, 0.15) is 5.82 Å². The number of amides is 1. The van der Waals surface area contributed by atoms with Gasteiger partial charge in [0.25, 0.3) is 0 Å². The zero-order chi connectivity index (χ0) is 17.7. The summed E-state index contributed by atoms with van der Waals surface area (Å²) >= 11 is 0. The van der Waals surface area contributed by atoms with Crippen molar-refractivity contribution in [2.75, 3.05) is 18.9 Å². The van der Waals surface area contributed by atoms with Crippen molar-refractivity contribution in [2.45, 2.75) is 32.7 Å². The number of hydrogen-bond acceptors (Lipinski definition) is 2. The van der Waals surface area contributed by atoms with Crippen LogP contribution in [0.1, 0.15) is 31.9 Å². The van der Waals surface area contributed by atoms with Crippen molar-refractivity contribution in [3.05, 3.63) is 65.5 Å². The van der Waals surface area contributed by atoms with Crippen LogP contribution in [-0.4, -0.2) is 24.4 Å². The van der Waals surface area contributed by atoms with E-state index in [4.69, 9.17) is 0 Å². The second-order valence-corrected chi connectivity index (χ2v) is 7.14. The molecule has 0 bridgehead atoms. The Morgan fingerprint density at radius 1 is 1.08 bits per heavy atom. The van der Waals surface area contributed by atoms with Crippen LogP contribution in [0, 0.1) is 5.82 Å². The average molecular weight is 328 g/mol. The zero-order valence-corrected chi connectivity index (χ0v) is 14.8. The van der Waals surface area contributed by atoms with E-state index < -0.39 is 0 Å². The van der Waals surface area contributed by atoms with E-state index >= 15 is 0 Å². The maximum absolute atomic E-state index is 13.6. The van der Waals surface area contributed by atoms with Gasteiger partial charge in [0, 0.05) is 17.8 Å². The van der Waals surface area contributed by atoms with Gasteiger partial charge in [-0.2, -0.15) is 0 Å². The molecule has 4 heteroatoms. The zero-order valence-electron chi connectivity index (χ0n) is 14.8. The molecule has 1 N–H and O–H groups in total. The van der Waals surface area contributed by atoms with Crippen LogP contribution in [0.3, 0.4) is 0 Å². The quantitative estimate of drug-likeness (QED) is 0.892. The number of anilines is 1. The Hall–Kier alpha value is -2.20. The lowest BCUT2D eigenvalue weighted by Gasteiger charge is -2.20. The largest absolute Gasteiger partial charge is 0.325 e. The molecule has 3 nitrogen and oxygen atoms in total. The molecule has 0 fully saturated rings. The highest BCUT2D eigenvalue weighted by Gasteiger charge is 2.14. The fourth-order valence-corrected chi connectivity index (χ4v) is 2.47. The average Bonchev–Trinajstić information content (AvgIpc) is 2.49. The summed E-state index contributed by atoms with van der Waals surface area (Å²) in [6.07, 6.45) is 0. The number of rotatable bonds is 5. The molecule has 0 aromatic heterocycles. The van der Waals surface area contributed by atoms with Crippen LogP contribution in [0.4, 0.5) is 10.1 Å². The van der Waals surface area contributed by atoms with Gasteiger partial charge in [-0.15, -0.1) is 0 Å². The minimum Gasteiger partial charge on any atom is -0.325 e. The van der Waals surface area contributed by atoms with Crippen molar-refractivity contribution in [3.8, 4) is 0 Å². The molecule has 0 aliphatic carbocycles. The molecule has 0 aliphatic heterocycles. The first-order valence-electron chi connectivity index (χ1n) is 8.08. The van der Waals surface area contributed by atoms with Gasteiger partial charge in [-0.1, -0.05) is 51.1 Å². The monoisotopic (exact) mass is 328 g/mol. The molecular formula is C20H25FN2O. The summed E-state index contributed by atoms with van der Waals surface area (Å²) in [5, 5.41) is 2.88. The fourth-order valence-electron chi connectivity index (χ4n) is 2.47. The molecule has 128 valence electrons. The minimum atomic E-state index is -0.248. The number of carbonyl (C=O) groups is 1. The van der Waals surface area contributed by atoms with E-state index in [1.807, 2.05) is 24.3 Å². The van der Waals surface area contributed by atoms with Crippen molar-refractivity contribution in [3.63, 3.8) is 0 Å². The predicted molar refractivity (Wildman–Crippen MR) is 96.5 cm³/mol. The molecule has 1 amide bonds. The lowest BCUT2D eigenvalue weighted by atomic mass is 9.87. The van der Waals surface area contributed by atoms with Crippen LogP contribution >= 0.6 is 0 Å². The van der Waals surface area contributed by atoms with E-state index in [0.717, 1.165) is 5.69 Å². The highest BCUT2D eigenvalue weighted by Crippen LogP contribution is 2.23. The van der Waals surface area contributed by atoms with E-state index in [-0.39, 0.29) is 23.7 Å². The number of nitrogens with one attached hydrogen (secondary N) is 1. The number of hydrogen-bond donors (Lipinski definition) is 1. The summed E-state index contributed by atoms with van der Waals surface area (Å²) in [6.45, 7) is 7.05. The van der Waals surface area contributed by atoms with Crippen molar-refractivity contribution >= 4 is 11.6 Å². The second-order valence-electron chi connectivity index (χ2n) is 7.14. The molecule has 24 heavy (non-hydrogen) atoms. The fraction of sp³-hybridized carbons (Fsp3) is 0.350. The number of benzene rings is 2. The van der Waals surface area contributed by atoms with E-state index in [1.165, 1.54) is 11.6 Å². The van der Waals surface area contributed by atoms with Gasteiger partial charge < -0.3 is 5.32 Å². The molecule has 0 aliphatic rings. The van der Waals surface area contributed by atoms with E-state index in [9.17, 15) is 9.18 Å². The molecule has 2 aromatic rings. The number of halogens is 1. The second kappa shape index (κ2) is 7.58. The molecule has 2 aromatic carbocycles. The molecule has 0 atom stereocenters. The van der Waals surface area contributed by atoms with Gasteiger partial charge in [0.2, 0.25) is 5.91 Å². The van der Waals surface area contributed by atoms with Crippen molar-refractivity contribution in [1.82, 2.24) is 4.90 Å². The van der Waals surface area contributed by atoms with Gasteiger partial charge >= 0.3 is 0 Å². The molecule has 0 unspecified atom stereocenters. The van der Waals surface area contributed by atoms with Crippen LogP contribution in [0.15, 0.2) is 48.5 Å². The first-order chi connectivity index (χ1) is 11.3. The molecule has 0 saturated carbocycles. The van der Waals surface area contributed by atoms with Crippen LogP contribution < -0.4 is 5.32 Å². The van der Waals surface area contributed by atoms with Gasteiger partial charge in [0.15, 0.2) is 0 Å². The van der Waals surface area contributed by atoms with E-state index in [1.54, 1.807) is 30.1 Å². The Morgan fingerprint density at radius 2 is 1.71 bits per heavy atom. The molecule has 2 rings (SSSR count). The lowest BCUT2D eigenvalue weighted by molar-refractivity contribution is -0.117. The maximum Gasteiger partial charge on any atom is 0.238 e. The smallest absolute Gasteiger partial charge is 0.238 e. The predicted octanol–water partition coefficient (Wildman–Crippen LogP) is 4.19. The topological polar surface area (TPSA) is 32.3 Å². The van der Waals surface area contributed by atoms with Crippen LogP contribution in [0.5, 0.6) is 0 Å². The SMILES string of the molecule is CN(CC(=O)Nc1ccc(C(C)(C)C)cc1)Cc1ccccc1F. The van der Waals surface area contributed by atoms with Crippen molar-refractivity contribution in [1.29, 1.82) is 0 Å². The summed E-state index contributed by atoms with van der Waals surface area (Å²) in [5.74, 6) is -0.361. The maximum atomic E-state index is 13.6. The van der Waals surface area contributed by atoms with Gasteiger partial charge in [-0.05, 0) is 36.2 Å². The molecule has 0 heterocycles. The summed E-state index contributed by atoms with van der Waals surface area (Å²) in [6, 6.07) is 14.5. The number of carbonyl (C=O) groups excluding carboxylic acids is 1. The molecule has 0 saturated heterocycles. The Balaban J connectivity index is 1.90. The van der Waals surface area contributed by atoms with E-state index in [0.29, 0.717) is 12.1 Å². The van der Waals surface area contributed by atoms with Gasteiger partial charge in [-0.25, -0.2) is 4.39 Å². The number of nitrogens with zero attached hydrogens (tertiary/aromatic N) is 1. The summed E-state index contributed by atoms with van der Waals surface area (Å²) < 4.78 is 13.6. The first-order valence-corrected chi connectivity index (χ1v) is 8.08. The Kier molecular flexibility index (Phi) is 5.73. The molecule has 0 radical (unpaired) electrons. The van der Waals surface area contributed by atoms with Gasteiger partial charge in [0.05, 0.1) is 6.54 Å². The van der Waals surface area contributed by atoms with E-state index in [2.05, 4.69) is 26.1 Å². The normalized spacial score (nSPS) is 11.6. The van der Waals surface area contributed by atoms with Gasteiger partial charge in [-0.3, -0.25) is 9.69 Å². The molecular weight excluding hydrogens is 303 g/mol. The third kappa shape index (κ3) is 5.17. The third-order valence-corrected chi connectivity index (χ3v) is 3.85. The van der Waals surface area contributed by atoms with Crippen LogP contribution in [0.25, 0.3) is 0 Å². The lowest BCUT2D eigenvalue weighted by Crippen LogP contribution is -2.30. The van der Waals surface area contributed by atoms with Crippen LogP contribution in [0.2, 0.25) is 0 Å².